The van der Waals surface area contributed by atoms with E-state index in [1.807, 2.05) is 18.0 Å². The van der Waals surface area contributed by atoms with Crippen LogP contribution in [0.4, 0.5) is 0 Å². The standard InChI is InChI=1S/C17H26N2O2/c1-14(12-21-3)19(2)11-16(20)18-13-17(9-10-17)15-7-5-4-6-8-15/h4-8,14H,9-13H2,1-3H3,(H,18,20). The van der Waals surface area contributed by atoms with Crippen LogP contribution in [-0.2, 0) is 14.9 Å². The molecule has 21 heavy (non-hydrogen) atoms. The van der Waals surface area contributed by atoms with Crippen molar-refractivity contribution in [3.63, 3.8) is 0 Å². The van der Waals surface area contributed by atoms with Gasteiger partial charge in [0.1, 0.15) is 0 Å². The summed E-state index contributed by atoms with van der Waals surface area (Å²) in [4.78, 5) is 14.1. The van der Waals surface area contributed by atoms with Gasteiger partial charge in [0.05, 0.1) is 13.2 Å². The summed E-state index contributed by atoms with van der Waals surface area (Å²) in [6.07, 6.45) is 2.32. The Hall–Kier alpha value is -1.39. The molecule has 1 amide bonds. The Morgan fingerprint density at radius 3 is 2.62 bits per heavy atom. The lowest BCUT2D eigenvalue weighted by Gasteiger charge is -2.24. The van der Waals surface area contributed by atoms with E-state index in [1.165, 1.54) is 5.56 Å². The first-order valence-corrected chi connectivity index (χ1v) is 7.59. The van der Waals surface area contributed by atoms with Crippen LogP contribution in [0.1, 0.15) is 25.3 Å². The normalized spacial score (nSPS) is 17.5. The summed E-state index contributed by atoms with van der Waals surface area (Å²) in [5, 5.41) is 3.09. The third kappa shape index (κ3) is 4.29. The molecule has 0 radical (unpaired) electrons. The minimum atomic E-state index is 0.0858. The third-order valence-electron chi connectivity index (χ3n) is 4.42. The molecular weight excluding hydrogens is 264 g/mol. The average molecular weight is 290 g/mol. The van der Waals surface area contributed by atoms with Crippen LogP contribution in [-0.4, -0.2) is 50.7 Å². The number of hydrogen-bond donors (Lipinski definition) is 1. The minimum Gasteiger partial charge on any atom is -0.383 e. The molecule has 1 saturated carbocycles. The minimum absolute atomic E-state index is 0.0858. The maximum Gasteiger partial charge on any atom is 0.234 e. The number of hydrogen-bond acceptors (Lipinski definition) is 3. The predicted molar refractivity (Wildman–Crippen MR) is 84.3 cm³/mol. The van der Waals surface area contributed by atoms with Crippen molar-refractivity contribution in [3.05, 3.63) is 35.9 Å². The molecule has 0 aromatic heterocycles. The monoisotopic (exact) mass is 290 g/mol. The zero-order valence-corrected chi connectivity index (χ0v) is 13.3. The van der Waals surface area contributed by atoms with Crippen LogP contribution < -0.4 is 5.32 Å². The number of benzene rings is 1. The Labute approximate surface area is 127 Å². The predicted octanol–water partition coefficient (Wildman–Crippen LogP) is 1.80. The zero-order chi connectivity index (χ0) is 15.3. The molecule has 1 N–H and O–H groups in total. The van der Waals surface area contributed by atoms with Gasteiger partial charge in [0.25, 0.3) is 0 Å². The summed E-state index contributed by atoms with van der Waals surface area (Å²) in [6.45, 7) is 3.85. The number of amides is 1. The molecule has 0 aliphatic heterocycles. The lowest BCUT2D eigenvalue weighted by atomic mass is 9.96. The van der Waals surface area contributed by atoms with Crippen molar-refractivity contribution in [2.45, 2.75) is 31.2 Å². The summed E-state index contributed by atoms with van der Waals surface area (Å²) in [5.41, 5.74) is 1.51. The zero-order valence-electron chi connectivity index (χ0n) is 13.3. The average Bonchev–Trinajstić information content (AvgIpc) is 3.27. The molecule has 4 heteroatoms. The second-order valence-corrected chi connectivity index (χ2v) is 6.14. The van der Waals surface area contributed by atoms with Crippen LogP contribution in [0.2, 0.25) is 0 Å². The van der Waals surface area contributed by atoms with Gasteiger partial charge in [-0.2, -0.15) is 0 Å². The number of likely N-dealkylation sites (N-methyl/N-ethyl adjacent to an activating group) is 1. The van der Waals surface area contributed by atoms with E-state index in [9.17, 15) is 4.79 Å². The number of nitrogens with one attached hydrogen (secondary N) is 1. The van der Waals surface area contributed by atoms with Crippen molar-refractivity contribution in [1.82, 2.24) is 10.2 Å². The second kappa shape index (κ2) is 7.05. The van der Waals surface area contributed by atoms with E-state index in [0.29, 0.717) is 13.2 Å². The Morgan fingerprint density at radius 2 is 2.05 bits per heavy atom. The summed E-state index contributed by atoms with van der Waals surface area (Å²) >= 11 is 0. The van der Waals surface area contributed by atoms with Gasteiger partial charge in [-0.1, -0.05) is 30.3 Å². The molecule has 0 spiro atoms. The quantitative estimate of drug-likeness (QED) is 0.794. The summed E-state index contributed by atoms with van der Waals surface area (Å²) in [7, 11) is 3.63. The number of carbonyl (C=O) groups excluding carboxylic acids is 1. The van der Waals surface area contributed by atoms with Gasteiger partial charge in [-0.15, -0.1) is 0 Å². The first kappa shape index (κ1) is 16.0. The topological polar surface area (TPSA) is 41.6 Å². The highest BCUT2D eigenvalue weighted by atomic mass is 16.5. The highest BCUT2D eigenvalue weighted by Crippen LogP contribution is 2.47. The second-order valence-electron chi connectivity index (χ2n) is 6.14. The Bertz CT molecular complexity index is 457. The van der Waals surface area contributed by atoms with Crippen LogP contribution in [0.3, 0.4) is 0 Å². The summed E-state index contributed by atoms with van der Waals surface area (Å²) < 4.78 is 5.12. The van der Waals surface area contributed by atoms with Crippen LogP contribution >= 0.6 is 0 Å². The molecule has 1 atom stereocenters. The van der Waals surface area contributed by atoms with Gasteiger partial charge in [-0.05, 0) is 32.4 Å². The smallest absolute Gasteiger partial charge is 0.234 e. The molecule has 1 unspecified atom stereocenters. The fraction of sp³-hybridized carbons (Fsp3) is 0.588. The molecule has 4 nitrogen and oxygen atoms in total. The molecule has 2 rings (SSSR count). The number of carbonyl (C=O) groups is 1. The van der Waals surface area contributed by atoms with E-state index in [1.54, 1.807) is 7.11 Å². The largest absolute Gasteiger partial charge is 0.383 e. The summed E-state index contributed by atoms with van der Waals surface area (Å²) in [6, 6.07) is 10.7. The molecule has 0 saturated heterocycles. The van der Waals surface area contributed by atoms with E-state index in [4.69, 9.17) is 4.74 Å². The van der Waals surface area contributed by atoms with Gasteiger partial charge in [0.15, 0.2) is 0 Å². The molecule has 0 bridgehead atoms. The van der Waals surface area contributed by atoms with Crippen molar-refractivity contribution in [3.8, 4) is 0 Å². The maximum atomic E-state index is 12.1. The molecule has 1 aliphatic carbocycles. The first-order chi connectivity index (χ1) is 10.1. The van der Waals surface area contributed by atoms with E-state index in [-0.39, 0.29) is 17.4 Å². The molecule has 1 aliphatic rings. The fourth-order valence-corrected chi connectivity index (χ4v) is 2.58. The fourth-order valence-electron chi connectivity index (χ4n) is 2.58. The van der Waals surface area contributed by atoms with Gasteiger partial charge in [0.2, 0.25) is 5.91 Å². The van der Waals surface area contributed by atoms with Gasteiger partial charge >= 0.3 is 0 Å². The van der Waals surface area contributed by atoms with E-state index < -0.39 is 0 Å². The van der Waals surface area contributed by atoms with E-state index >= 15 is 0 Å². The Morgan fingerprint density at radius 1 is 1.38 bits per heavy atom. The number of rotatable bonds is 8. The third-order valence-corrected chi connectivity index (χ3v) is 4.42. The van der Waals surface area contributed by atoms with Crippen molar-refractivity contribution in [1.29, 1.82) is 0 Å². The number of nitrogens with zero attached hydrogens (tertiary/aromatic N) is 1. The van der Waals surface area contributed by atoms with Crippen LogP contribution in [0.5, 0.6) is 0 Å². The van der Waals surface area contributed by atoms with Gasteiger partial charge in [-0.3, -0.25) is 9.69 Å². The van der Waals surface area contributed by atoms with Gasteiger partial charge < -0.3 is 10.1 Å². The number of ether oxygens (including phenoxy) is 1. The van der Waals surface area contributed by atoms with E-state index in [0.717, 1.165) is 19.4 Å². The molecule has 0 heterocycles. The summed E-state index contributed by atoms with van der Waals surface area (Å²) in [5.74, 6) is 0.0858. The first-order valence-electron chi connectivity index (χ1n) is 7.59. The molecule has 1 fully saturated rings. The maximum absolute atomic E-state index is 12.1. The Kier molecular flexibility index (Phi) is 5.37. The lowest BCUT2D eigenvalue weighted by molar-refractivity contribution is -0.122. The SMILES string of the molecule is COCC(C)N(C)CC(=O)NCC1(c2ccccc2)CC1. The van der Waals surface area contributed by atoms with Crippen LogP contribution in [0.15, 0.2) is 30.3 Å². The highest BCUT2D eigenvalue weighted by Gasteiger charge is 2.44. The van der Waals surface area contributed by atoms with Crippen LogP contribution in [0.25, 0.3) is 0 Å². The molecule has 1 aromatic rings. The Balaban J connectivity index is 1.79. The van der Waals surface area contributed by atoms with Crippen molar-refractivity contribution < 1.29 is 9.53 Å². The highest BCUT2D eigenvalue weighted by molar-refractivity contribution is 5.78. The van der Waals surface area contributed by atoms with Gasteiger partial charge in [0, 0.05) is 25.1 Å². The number of methoxy groups -OCH3 is 1. The van der Waals surface area contributed by atoms with Crippen molar-refractivity contribution in [2.75, 3.05) is 33.9 Å². The van der Waals surface area contributed by atoms with E-state index in [2.05, 4.69) is 36.5 Å². The van der Waals surface area contributed by atoms with Crippen LogP contribution in [0, 0.1) is 0 Å². The molecule has 116 valence electrons. The van der Waals surface area contributed by atoms with Crippen molar-refractivity contribution in [2.24, 2.45) is 0 Å². The molecule has 1 aromatic carbocycles. The van der Waals surface area contributed by atoms with Crippen molar-refractivity contribution >= 4 is 5.91 Å². The molecular formula is C17H26N2O2. The lowest BCUT2D eigenvalue weighted by Crippen LogP contribution is -2.43. The van der Waals surface area contributed by atoms with Gasteiger partial charge in [-0.25, -0.2) is 0 Å².